The van der Waals surface area contributed by atoms with Crippen LogP contribution in [0.2, 0.25) is 0 Å². The summed E-state index contributed by atoms with van der Waals surface area (Å²) < 4.78 is 0. The third kappa shape index (κ3) is 3.26. The summed E-state index contributed by atoms with van der Waals surface area (Å²) in [4.78, 5) is 26.1. The lowest BCUT2D eigenvalue weighted by atomic mass is 10.2. The number of piperazine rings is 1. The molecule has 1 amide bonds. The maximum atomic E-state index is 11.8. The minimum Gasteiger partial charge on any atom is -0.368 e. The Balaban J connectivity index is 1.93. The van der Waals surface area contributed by atoms with E-state index in [1.165, 1.54) is 12.1 Å². The first kappa shape index (κ1) is 14.3. The molecule has 1 saturated heterocycles. The molecule has 0 unspecified atom stereocenters. The van der Waals surface area contributed by atoms with Gasteiger partial charge in [0.2, 0.25) is 5.91 Å². The molecule has 0 saturated carbocycles. The Morgan fingerprint density at radius 1 is 1.20 bits per heavy atom. The van der Waals surface area contributed by atoms with E-state index in [4.69, 9.17) is 0 Å². The van der Waals surface area contributed by atoms with Crippen molar-refractivity contribution in [2.75, 3.05) is 31.1 Å². The first-order valence-electron chi connectivity index (χ1n) is 6.89. The fourth-order valence-electron chi connectivity index (χ4n) is 2.37. The van der Waals surface area contributed by atoms with Crippen molar-refractivity contribution in [2.45, 2.75) is 19.8 Å². The van der Waals surface area contributed by atoms with Crippen LogP contribution in [0.5, 0.6) is 0 Å². The topological polar surface area (TPSA) is 66.7 Å². The largest absolute Gasteiger partial charge is 0.368 e. The van der Waals surface area contributed by atoms with Crippen molar-refractivity contribution in [2.24, 2.45) is 0 Å². The second kappa shape index (κ2) is 6.36. The van der Waals surface area contributed by atoms with Crippen molar-refractivity contribution in [1.82, 2.24) is 4.90 Å². The van der Waals surface area contributed by atoms with Gasteiger partial charge in [-0.15, -0.1) is 0 Å². The molecule has 1 aromatic rings. The molecule has 2 rings (SSSR count). The number of hydrogen-bond acceptors (Lipinski definition) is 4. The summed E-state index contributed by atoms with van der Waals surface area (Å²) >= 11 is 0. The number of hydrogen-bond donors (Lipinski definition) is 0. The van der Waals surface area contributed by atoms with E-state index >= 15 is 0 Å². The van der Waals surface area contributed by atoms with Crippen LogP contribution in [-0.4, -0.2) is 41.9 Å². The molecular weight excluding hydrogens is 258 g/mol. The van der Waals surface area contributed by atoms with Crippen LogP contribution in [-0.2, 0) is 4.79 Å². The van der Waals surface area contributed by atoms with Gasteiger partial charge in [0.1, 0.15) is 0 Å². The van der Waals surface area contributed by atoms with Crippen molar-refractivity contribution >= 4 is 17.3 Å². The van der Waals surface area contributed by atoms with E-state index in [1.54, 1.807) is 12.1 Å². The quantitative estimate of drug-likeness (QED) is 0.624. The molecule has 0 N–H and O–H groups in total. The van der Waals surface area contributed by atoms with E-state index in [1.807, 2.05) is 11.8 Å². The minimum atomic E-state index is -0.398. The molecule has 0 aliphatic carbocycles. The van der Waals surface area contributed by atoms with Gasteiger partial charge in [0, 0.05) is 50.4 Å². The molecule has 6 heteroatoms. The van der Waals surface area contributed by atoms with Crippen molar-refractivity contribution in [3.63, 3.8) is 0 Å². The molecule has 0 atom stereocenters. The number of carbonyl (C=O) groups excluding carboxylic acids is 1. The third-order valence-corrected chi connectivity index (χ3v) is 3.52. The lowest BCUT2D eigenvalue weighted by Crippen LogP contribution is -2.48. The molecule has 0 aromatic heterocycles. The normalized spacial score (nSPS) is 15.2. The number of benzene rings is 1. The van der Waals surface area contributed by atoms with Crippen LogP contribution in [0.1, 0.15) is 19.8 Å². The Bertz CT molecular complexity index is 479. The van der Waals surface area contributed by atoms with Gasteiger partial charge in [0.15, 0.2) is 0 Å². The minimum absolute atomic E-state index is 0.102. The summed E-state index contributed by atoms with van der Waals surface area (Å²) in [5.74, 6) is 0.218. The Morgan fingerprint density at radius 2 is 1.80 bits per heavy atom. The molecule has 1 fully saturated rings. The van der Waals surface area contributed by atoms with Gasteiger partial charge in [-0.1, -0.05) is 6.92 Å². The van der Waals surface area contributed by atoms with Gasteiger partial charge in [0.05, 0.1) is 4.92 Å². The Morgan fingerprint density at radius 3 is 2.30 bits per heavy atom. The van der Waals surface area contributed by atoms with E-state index < -0.39 is 4.92 Å². The molecule has 1 heterocycles. The van der Waals surface area contributed by atoms with Gasteiger partial charge >= 0.3 is 0 Å². The smallest absolute Gasteiger partial charge is 0.269 e. The van der Waals surface area contributed by atoms with Gasteiger partial charge in [-0.3, -0.25) is 14.9 Å². The van der Waals surface area contributed by atoms with E-state index in [0.29, 0.717) is 6.42 Å². The first-order chi connectivity index (χ1) is 9.61. The predicted molar refractivity (Wildman–Crippen MR) is 76.8 cm³/mol. The van der Waals surface area contributed by atoms with Gasteiger partial charge in [-0.2, -0.15) is 0 Å². The maximum absolute atomic E-state index is 11.8. The van der Waals surface area contributed by atoms with Crippen LogP contribution in [0.15, 0.2) is 24.3 Å². The highest BCUT2D eigenvalue weighted by atomic mass is 16.6. The monoisotopic (exact) mass is 277 g/mol. The fraction of sp³-hybridized carbons (Fsp3) is 0.500. The molecule has 20 heavy (non-hydrogen) atoms. The zero-order valence-corrected chi connectivity index (χ0v) is 11.6. The third-order valence-electron chi connectivity index (χ3n) is 3.52. The van der Waals surface area contributed by atoms with E-state index in [2.05, 4.69) is 4.90 Å². The van der Waals surface area contributed by atoms with Crippen LogP contribution in [0.25, 0.3) is 0 Å². The Kier molecular flexibility index (Phi) is 4.55. The summed E-state index contributed by atoms with van der Waals surface area (Å²) in [6.07, 6.45) is 1.49. The lowest BCUT2D eigenvalue weighted by molar-refractivity contribution is -0.384. The van der Waals surface area contributed by atoms with Gasteiger partial charge in [-0.05, 0) is 18.6 Å². The highest BCUT2D eigenvalue weighted by Gasteiger charge is 2.20. The summed E-state index contributed by atoms with van der Waals surface area (Å²) in [6, 6.07) is 6.57. The average molecular weight is 277 g/mol. The Hall–Kier alpha value is -2.11. The standard InChI is InChI=1S/C14H19N3O3/c1-2-3-14(18)16-10-8-15(9-11-16)12-4-6-13(7-5-12)17(19)20/h4-7H,2-3,8-11H2,1H3. The SMILES string of the molecule is CCCC(=O)N1CCN(c2ccc([N+](=O)[O-])cc2)CC1. The summed E-state index contributed by atoms with van der Waals surface area (Å²) in [5, 5.41) is 10.6. The van der Waals surface area contributed by atoms with Crippen LogP contribution in [0.3, 0.4) is 0 Å². The molecule has 1 aromatic carbocycles. The maximum Gasteiger partial charge on any atom is 0.269 e. The number of nitro benzene ring substituents is 1. The molecular formula is C14H19N3O3. The second-order valence-corrected chi connectivity index (χ2v) is 4.89. The average Bonchev–Trinajstić information content (AvgIpc) is 2.48. The molecule has 6 nitrogen and oxygen atoms in total. The van der Waals surface area contributed by atoms with Crippen molar-refractivity contribution < 1.29 is 9.72 Å². The lowest BCUT2D eigenvalue weighted by Gasteiger charge is -2.36. The van der Waals surface area contributed by atoms with E-state index in [-0.39, 0.29) is 11.6 Å². The first-order valence-corrected chi connectivity index (χ1v) is 6.89. The summed E-state index contributed by atoms with van der Waals surface area (Å²) in [7, 11) is 0. The second-order valence-electron chi connectivity index (χ2n) is 4.89. The molecule has 0 radical (unpaired) electrons. The molecule has 0 spiro atoms. The molecule has 1 aliphatic heterocycles. The Labute approximate surface area is 118 Å². The number of nitro groups is 1. The predicted octanol–water partition coefficient (Wildman–Crippen LogP) is 2.04. The zero-order valence-electron chi connectivity index (χ0n) is 11.6. The van der Waals surface area contributed by atoms with Crippen molar-refractivity contribution in [3.05, 3.63) is 34.4 Å². The van der Waals surface area contributed by atoms with Crippen LogP contribution in [0.4, 0.5) is 11.4 Å². The van der Waals surface area contributed by atoms with E-state index in [9.17, 15) is 14.9 Å². The van der Waals surface area contributed by atoms with Crippen LogP contribution < -0.4 is 4.90 Å². The fourth-order valence-corrected chi connectivity index (χ4v) is 2.37. The summed E-state index contributed by atoms with van der Waals surface area (Å²) in [6.45, 7) is 4.98. The summed E-state index contributed by atoms with van der Waals surface area (Å²) in [5.41, 5.74) is 1.07. The van der Waals surface area contributed by atoms with E-state index in [0.717, 1.165) is 38.3 Å². The number of amides is 1. The molecule has 108 valence electrons. The highest BCUT2D eigenvalue weighted by Crippen LogP contribution is 2.20. The van der Waals surface area contributed by atoms with Gasteiger partial charge in [-0.25, -0.2) is 0 Å². The molecule has 1 aliphatic rings. The highest BCUT2D eigenvalue weighted by molar-refractivity contribution is 5.76. The van der Waals surface area contributed by atoms with Crippen LogP contribution in [0, 0.1) is 10.1 Å². The number of carbonyl (C=O) groups is 1. The number of non-ortho nitro benzene ring substituents is 1. The van der Waals surface area contributed by atoms with Crippen molar-refractivity contribution in [3.8, 4) is 0 Å². The number of rotatable bonds is 4. The van der Waals surface area contributed by atoms with Gasteiger partial charge in [0.25, 0.3) is 5.69 Å². The van der Waals surface area contributed by atoms with Crippen LogP contribution >= 0.6 is 0 Å². The van der Waals surface area contributed by atoms with Crippen molar-refractivity contribution in [1.29, 1.82) is 0 Å². The number of anilines is 1. The zero-order chi connectivity index (χ0) is 14.5. The van der Waals surface area contributed by atoms with Gasteiger partial charge < -0.3 is 9.80 Å². The number of nitrogens with zero attached hydrogens (tertiary/aromatic N) is 3. The molecule has 0 bridgehead atoms.